The topological polar surface area (TPSA) is 76.7 Å². The molecule has 2 N–H and O–H groups in total. The van der Waals surface area contributed by atoms with E-state index in [2.05, 4.69) is 55.9 Å². The number of benzene rings is 1. The summed E-state index contributed by atoms with van der Waals surface area (Å²) in [5.41, 5.74) is 4.78. The van der Waals surface area contributed by atoms with Crippen LogP contribution < -0.4 is 4.90 Å². The van der Waals surface area contributed by atoms with Crippen molar-refractivity contribution in [1.29, 1.82) is 0 Å². The number of aromatic amines is 2. The van der Waals surface area contributed by atoms with Crippen molar-refractivity contribution in [1.82, 2.24) is 30.0 Å². The van der Waals surface area contributed by atoms with Gasteiger partial charge in [-0.2, -0.15) is 10.1 Å². The largest absolute Gasteiger partial charge is 0.341 e. The molecule has 0 unspecified atom stereocenters. The molecule has 7 nitrogen and oxygen atoms in total. The Hall–Kier alpha value is -2.41. The first kappa shape index (κ1) is 14.2. The van der Waals surface area contributed by atoms with Gasteiger partial charge in [0.25, 0.3) is 0 Å². The third kappa shape index (κ3) is 2.68. The van der Waals surface area contributed by atoms with Gasteiger partial charge in [0.05, 0.1) is 17.6 Å². The molecule has 1 fully saturated rings. The van der Waals surface area contributed by atoms with E-state index in [1.807, 2.05) is 0 Å². The second kappa shape index (κ2) is 5.66. The van der Waals surface area contributed by atoms with Gasteiger partial charge in [-0.3, -0.25) is 4.90 Å². The quantitative estimate of drug-likeness (QED) is 0.768. The van der Waals surface area contributed by atoms with Crippen molar-refractivity contribution in [2.45, 2.75) is 20.4 Å². The summed E-state index contributed by atoms with van der Waals surface area (Å²) in [6.45, 7) is 9.02. The fourth-order valence-electron chi connectivity index (χ4n) is 3.12. The van der Waals surface area contributed by atoms with E-state index in [0.717, 1.165) is 55.5 Å². The minimum Gasteiger partial charge on any atom is -0.341 e. The minimum atomic E-state index is 0.859. The van der Waals surface area contributed by atoms with E-state index in [1.54, 1.807) is 6.33 Å². The number of H-pyrrole nitrogens is 2. The Labute approximate surface area is 134 Å². The minimum absolute atomic E-state index is 0.859. The van der Waals surface area contributed by atoms with E-state index in [9.17, 15) is 0 Å². The summed E-state index contributed by atoms with van der Waals surface area (Å²) >= 11 is 0. The van der Waals surface area contributed by atoms with Crippen LogP contribution in [-0.4, -0.2) is 56.2 Å². The molecule has 3 heterocycles. The fourth-order valence-corrected chi connectivity index (χ4v) is 3.12. The molecule has 0 atom stereocenters. The van der Waals surface area contributed by atoms with Crippen molar-refractivity contribution in [3.63, 3.8) is 0 Å². The van der Waals surface area contributed by atoms with E-state index >= 15 is 0 Å². The molecular formula is C16H21N7. The van der Waals surface area contributed by atoms with Crippen LogP contribution in [0.4, 0.5) is 5.95 Å². The van der Waals surface area contributed by atoms with Crippen molar-refractivity contribution in [3.8, 4) is 0 Å². The lowest BCUT2D eigenvalue weighted by Gasteiger charge is -2.33. The number of imidazole rings is 1. The molecule has 1 aliphatic rings. The lowest BCUT2D eigenvalue weighted by molar-refractivity contribution is 0.244. The number of fused-ring (bicyclic) bond motifs is 1. The average molecular weight is 311 g/mol. The molecule has 4 rings (SSSR count). The maximum Gasteiger partial charge on any atom is 0.221 e. The number of hydrogen-bond acceptors (Lipinski definition) is 5. The summed E-state index contributed by atoms with van der Waals surface area (Å²) in [6, 6.07) is 4.27. The van der Waals surface area contributed by atoms with Gasteiger partial charge in [0, 0.05) is 26.2 Å². The molecule has 1 aliphatic heterocycles. The van der Waals surface area contributed by atoms with E-state index in [1.165, 1.54) is 11.1 Å². The first-order chi connectivity index (χ1) is 11.2. The van der Waals surface area contributed by atoms with Crippen LogP contribution in [0.1, 0.15) is 17.0 Å². The van der Waals surface area contributed by atoms with Crippen LogP contribution >= 0.6 is 0 Å². The maximum absolute atomic E-state index is 4.80. The molecule has 1 aromatic carbocycles. The molecule has 0 aliphatic carbocycles. The third-order valence-corrected chi connectivity index (χ3v) is 4.68. The molecule has 120 valence electrons. The molecule has 0 bridgehead atoms. The summed E-state index contributed by atoms with van der Waals surface area (Å²) in [4.78, 5) is 17.1. The van der Waals surface area contributed by atoms with Crippen LogP contribution in [0.3, 0.4) is 0 Å². The zero-order valence-corrected chi connectivity index (χ0v) is 13.5. The van der Waals surface area contributed by atoms with Crippen LogP contribution in [0.5, 0.6) is 0 Å². The van der Waals surface area contributed by atoms with Gasteiger partial charge in [-0.15, -0.1) is 0 Å². The monoisotopic (exact) mass is 311 g/mol. The smallest absolute Gasteiger partial charge is 0.221 e. The highest BCUT2D eigenvalue weighted by Crippen LogP contribution is 2.20. The zero-order chi connectivity index (χ0) is 15.8. The molecule has 3 aromatic rings. The Balaban J connectivity index is 1.44. The fraction of sp³-hybridized carbons (Fsp3) is 0.438. The number of piperazine rings is 1. The summed E-state index contributed by atoms with van der Waals surface area (Å²) in [7, 11) is 0. The van der Waals surface area contributed by atoms with Crippen molar-refractivity contribution in [3.05, 3.63) is 35.4 Å². The number of aryl methyl sites for hydroxylation is 2. The van der Waals surface area contributed by atoms with Crippen molar-refractivity contribution in [2.75, 3.05) is 31.1 Å². The second-order valence-electron chi connectivity index (χ2n) is 6.16. The van der Waals surface area contributed by atoms with Crippen LogP contribution in [0.2, 0.25) is 0 Å². The van der Waals surface area contributed by atoms with Crippen LogP contribution in [0.15, 0.2) is 18.5 Å². The summed E-state index contributed by atoms with van der Waals surface area (Å²) in [6.07, 6.45) is 1.56. The highest BCUT2D eigenvalue weighted by atomic mass is 15.4. The first-order valence-electron chi connectivity index (χ1n) is 7.98. The maximum atomic E-state index is 4.80. The lowest BCUT2D eigenvalue weighted by Crippen LogP contribution is -2.46. The number of nitrogens with one attached hydrogen (secondary N) is 2. The Morgan fingerprint density at radius 2 is 1.96 bits per heavy atom. The SMILES string of the molecule is Cc1ccc2[nH]c(CN3CCN(c4ncn[nH]4)CC3)nc2c1C. The van der Waals surface area contributed by atoms with Crippen LogP contribution in [0.25, 0.3) is 11.0 Å². The van der Waals surface area contributed by atoms with Gasteiger partial charge in [-0.1, -0.05) is 6.07 Å². The van der Waals surface area contributed by atoms with E-state index in [4.69, 9.17) is 4.98 Å². The standard InChI is InChI=1S/C16H21N7/c1-11-3-4-13-15(12(11)2)20-14(19-13)9-22-5-7-23(8-6-22)16-17-10-18-21-16/h3-4,10H,5-9H2,1-2H3,(H,19,20)(H,17,18,21). The first-order valence-corrected chi connectivity index (χ1v) is 7.98. The summed E-state index contributed by atoms with van der Waals surface area (Å²) in [5.74, 6) is 1.90. The zero-order valence-electron chi connectivity index (χ0n) is 13.5. The molecule has 0 radical (unpaired) electrons. The van der Waals surface area contributed by atoms with Crippen LogP contribution in [0, 0.1) is 13.8 Å². The van der Waals surface area contributed by atoms with Crippen LogP contribution in [-0.2, 0) is 6.54 Å². The van der Waals surface area contributed by atoms with E-state index in [0.29, 0.717) is 0 Å². The van der Waals surface area contributed by atoms with Gasteiger partial charge < -0.3 is 9.88 Å². The highest BCUT2D eigenvalue weighted by molar-refractivity contribution is 5.79. The van der Waals surface area contributed by atoms with Gasteiger partial charge in [0.2, 0.25) is 5.95 Å². The Kier molecular flexibility index (Phi) is 3.49. The molecule has 1 saturated heterocycles. The molecule has 7 heteroatoms. The van der Waals surface area contributed by atoms with Gasteiger partial charge in [-0.05, 0) is 31.0 Å². The molecule has 0 saturated carbocycles. The van der Waals surface area contributed by atoms with Gasteiger partial charge >= 0.3 is 0 Å². The van der Waals surface area contributed by atoms with Crippen molar-refractivity contribution < 1.29 is 0 Å². The van der Waals surface area contributed by atoms with Gasteiger partial charge in [0.15, 0.2) is 0 Å². The number of aromatic nitrogens is 5. The molecular weight excluding hydrogens is 290 g/mol. The Morgan fingerprint density at radius 1 is 1.13 bits per heavy atom. The number of nitrogens with zero attached hydrogens (tertiary/aromatic N) is 5. The van der Waals surface area contributed by atoms with E-state index in [-0.39, 0.29) is 0 Å². The summed E-state index contributed by atoms with van der Waals surface area (Å²) in [5, 5.41) is 6.85. The van der Waals surface area contributed by atoms with Gasteiger partial charge in [-0.25, -0.2) is 10.1 Å². The number of rotatable bonds is 3. The van der Waals surface area contributed by atoms with Crippen molar-refractivity contribution >= 4 is 17.0 Å². The summed E-state index contributed by atoms with van der Waals surface area (Å²) < 4.78 is 0. The molecule has 0 amide bonds. The number of anilines is 1. The Morgan fingerprint density at radius 3 is 2.70 bits per heavy atom. The van der Waals surface area contributed by atoms with E-state index < -0.39 is 0 Å². The molecule has 2 aromatic heterocycles. The molecule has 23 heavy (non-hydrogen) atoms. The highest BCUT2D eigenvalue weighted by Gasteiger charge is 2.20. The van der Waals surface area contributed by atoms with Gasteiger partial charge in [0.1, 0.15) is 12.2 Å². The predicted octanol–water partition coefficient (Wildman–Crippen LogP) is 1.62. The second-order valence-corrected chi connectivity index (χ2v) is 6.16. The average Bonchev–Trinajstić information content (AvgIpc) is 3.21. The number of hydrogen-bond donors (Lipinski definition) is 2. The predicted molar refractivity (Wildman–Crippen MR) is 89.4 cm³/mol. The Bertz CT molecular complexity index is 797. The third-order valence-electron chi connectivity index (χ3n) is 4.68. The molecule has 0 spiro atoms. The lowest BCUT2D eigenvalue weighted by atomic mass is 10.1. The van der Waals surface area contributed by atoms with Crippen molar-refractivity contribution in [2.24, 2.45) is 0 Å². The normalized spacial score (nSPS) is 16.3.